The summed E-state index contributed by atoms with van der Waals surface area (Å²) in [6.07, 6.45) is -4.42. The largest absolute Gasteiger partial charge is 0.426 e. The van der Waals surface area contributed by atoms with Crippen LogP contribution < -0.4 is 4.74 Å². The Balaban J connectivity index is 2.09. The maximum atomic E-state index is 12.7. The van der Waals surface area contributed by atoms with Gasteiger partial charge in [0.2, 0.25) is 0 Å². The van der Waals surface area contributed by atoms with Crippen LogP contribution >= 0.6 is 0 Å². The first-order valence-electron chi connectivity index (χ1n) is 7.38. The fourth-order valence-corrected chi connectivity index (χ4v) is 2.05. The third kappa shape index (κ3) is 5.34. The van der Waals surface area contributed by atoms with Crippen LogP contribution in [0.5, 0.6) is 5.75 Å². The van der Waals surface area contributed by atoms with E-state index in [0.29, 0.717) is 22.6 Å². The monoisotopic (exact) mass is 351 g/mol. The number of nitrogens with zero attached hydrogens (tertiary/aromatic N) is 1. The Morgan fingerprint density at radius 2 is 1.80 bits per heavy atom. The summed E-state index contributed by atoms with van der Waals surface area (Å²) < 4.78 is 43.3. The number of ether oxygens (including phenoxy) is 1. The smallest absolute Gasteiger partial charge is 0.416 e. The Kier molecular flexibility index (Phi) is 5.80. The third-order valence-corrected chi connectivity index (χ3v) is 3.26. The molecule has 0 aliphatic heterocycles. The van der Waals surface area contributed by atoms with Crippen LogP contribution in [-0.4, -0.2) is 11.7 Å². The second-order valence-electron chi connectivity index (χ2n) is 5.23. The van der Waals surface area contributed by atoms with Gasteiger partial charge in [0.15, 0.2) is 0 Å². The van der Waals surface area contributed by atoms with Crippen LogP contribution in [0.1, 0.15) is 30.5 Å². The van der Waals surface area contributed by atoms with Gasteiger partial charge in [-0.2, -0.15) is 13.2 Å². The third-order valence-electron chi connectivity index (χ3n) is 3.26. The van der Waals surface area contributed by atoms with Gasteiger partial charge in [0.1, 0.15) is 12.4 Å². The molecule has 25 heavy (non-hydrogen) atoms. The van der Waals surface area contributed by atoms with E-state index in [1.165, 1.54) is 19.1 Å². The van der Waals surface area contributed by atoms with Crippen molar-refractivity contribution < 1.29 is 27.5 Å². The fraction of sp³-hybridized carbons (Fsp3) is 0.222. The van der Waals surface area contributed by atoms with Gasteiger partial charge < -0.3 is 9.57 Å². The first-order chi connectivity index (χ1) is 11.8. The number of esters is 1. The molecule has 0 spiro atoms. The minimum Gasteiger partial charge on any atom is -0.426 e. The van der Waals surface area contributed by atoms with E-state index in [-0.39, 0.29) is 6.61 Å². The van der Waals surface area contributed by atoms with Gasteiger partial charge in [0.25, 0.3) is 0 Å². The summed E-state index contributed by atoms with van der Waals surface area (Å²) in [6, 6.07) is 11.6. The number of halogens is 3. The van der Waals surface area contributed by atoms with Gasteiger partial charge >= 0.3 is 12.1 Å². The molecule has 0 aliphatic rings. The zero-order valence-electron chi connectivity index (χ0n) is 13.6. The molecular formula is C18H16F3NO3. The van der Waals surface area contributed by atoms with Crippen molar-refractivity contribution in [3.8, 4) is 5.75 Å². The first-order valence-corrected chi connectivity index (χ1v) is 7.38. The molecule has 0 saturated carbocycles. The Labute approximate surface area is 142 Å². The van der Waals surface area contributed by atoms with Crippen molar-refractivity contribution in [2.24, 2.45) is 5.16 Å². The van der Waals surface area contributed by atoms with Crippen LogP contribution in [0.2, 0.25) is 0 Å². The van der Waals surface area contributed by atoms with Crippen molar-refractivity contribution >= 4 is 11.7 Å². The Hall–Kier alpha value is -2.83. The topological polar surface area (TPSA) is 47.9 Å². The molecule has 7 heteroatoms. The number of hydrogen-bond donors (Lipinski definition) is 0. The van der Waals surface area contributed by atoms with E-state index in [1.807, 2.05) is 0 Å². The molecule has 0 heterocycles. The number of para-hydroxylation sites is 1. The van der Waals surface area contributed by atoms with Crippen LogP contribution in [-0.2, 0) is 22.4 Å². The lowest BCUT2D eigenvalue weighted by Crippen LogP contribution is -2.07. The maximum Gasteiger partial charge on any atom is 0.416 e. The second kappa shape index (κ2) is 7.83. The number of rotatable bonds is 5. The average Bonchev–Trinajstić information content (AvgIpc) is 2.55. The molecule has 0 saturated heterocycles. The fourth-order valence-electron chi connectivity index (χ4n) is 2.05. The Morgan fingerprint density at radius 1 is 1.08 bits per heavy atom. The second-order valence-corrected chi connectivity index (χ2v) is 5.23. The quantitative estimate of drug-likeness (QED) is 0.343. The normalized spacial score (nSPS) is 12.0. The first kappa shape index (κ1) is 18.5. The van der Waals surface area contributed by atoms with E-state index < -0.39 is 17.7 Å². The van der Waals surface area contributed by atoms with Crippen molar-refractivity contribution in [2.75, 3.05) is 0 Å². The predicted molar refractivity (Wildman–Crippen MR) is 86.2 cm³/mol. The van der Waals surface area contributed by atoms with Gasteiger partial charge in [-0.3, -0.25) is 4.79 Å². The molecule has 0 fully saturated rings. The Morgan fingerprint density at radius 3 is 2.48 bits per heavy atom. The highest BCUT2D eigenvalue weighted by Gasteiger charge is 2.30. The lowest BCUT2D eigenvalue weighted by molar-refractivity contribution is -0.137. The number of hydrogen-bond acceptors (Lipinski definition) is 4. The summed E-state index contributed by atoms with van der Waals surface area (Å²) in [5.74, 6) is -0.113. The van der Waals surface area contributed by atoms with Crippen LogP contribution in [0.3, 0.4) is 0 Å². The van der Waals surface area contributed by atoms with Crippen molar-refractivity contribution in [3.05, 3.63) is 65.2 Å². The molecule has 0 N–H and O–H groups in total. The van der Waals surface area contributed by atoms with E-state index in [0.717, 1.165) is 12.1 Å². The highest BCUT2D eigenvalue weighted by atomic mass is 19.4. The lowest BCUT2D eigenvalue weighted by Gasteiger charge is -2.09. The average molecular weight is 351 g/mol. The van der Waals surface area contributed by atoms with Gasteiger partial charge in [0, 0.05) is 12.5 Å². The molecular weight excluding hydrogens is 335 g/mol. The van der Waals surface area contributed by atoms with Gasteiger partial charge in [0.05, 0.1) is 11.3 Å². The zero-order valence-corrected chi connectivity index (χ0v) is 13.6. The molecule has 4 nitrogen and oxygen atoms in total. The van der Waals surface area contributed by atoms with Gasteiger partial charge in [-0.1, -0.05) is 35.5 Å². The highest BCUT2D eigenvalue weighted by molar-refractivity contribution is 5.98. The molecule has 2 aromatic rings. The van der Waals surface area contributed by atoms with Gasteiger partial charge in [-0.05, 0) is 30.7 Å². The van der Waals surface area contributed by atoms with E-state index in [4.69, 9.17) is 9.57 Å². The molecule has 2 aromatic carbocycles. The molecule has 132 valence electrons. The summed E-state index contributed by atoms with van der Waals surface area (Å²) in [5.41, 5.74) is 0.456. The summed E-state index contributed by atoms with van der Waals surface area (Å²) in [5, 5.41) is 3.84. The molecule has 0 radical (unpaired) electrons. The molecule has 0 unspecified atom stereocenters. The summed E-state index contributed by atoms with van der Waals surface area (Å²) >= 11 is 0. The van der Waals surface area contributed by atoms with Crippen molar-refractivity contribution in [2.45, 2.75) is 26.6 Å². The van der Waals surface area contributed by atoms with E-state index >= 15 is 0 Å². The standard InChI is InChI=1S/C18H16F3NO3/c1-12(14-7-5-8-16(10-14)18(19,20)21)22-24-11-15-6-3-4-9-17(15)25-13(2)23/h3-10H,11H2,1-2H3. The predicted octanol–water partition coefficient (Wildman–Crippen LogP) is 4.57. The highest BCUT2D eigenvalue weighted by Crippen LogP contribution is 2.29. The van der Waals surface area contributed by atoms with Crippen LogP contribution in [0.15, 0.2) is 53.7 Å². The van der Waals surface area contributed by atoms with Crippen LogP contribution in [0, 0.1) is 0 Å². The molecule has 0 aromatic heterocycles. The van der Waals surface area contributed by atoms with E-state index in [2.05, 4.69) is 5.16 Å². The molecule has 0 amide bonds. The number of carbonyl (C=O) groups excluding carboxylic acids is 1. The van der Waals surface area contributed by atoms with Crippen LogP contribution in [0.25, 0.3) is 0 Å². The maximum absolute atomic E-state index is 12.7. The SMILES string of the molecule is CC(=O)Oc1ccccc1CON=C(C)c1cccc(C(F)(F)F)c1. The number of oxime groups is 1. The minimum atomic E-state index is -4.42. The molecule has 0 atom stereocenters. The van der Waals surface area contributed by atoms with Gasteiger partial charge in [-0.25, -0.2) is 0 Å². The summed E-state index contributed by atoms with van der Waals surface area (Å²) in [6.45, 7) is 2.85. The van der Waals surface area contributed by atoms with Crippen molar-refractivity contribution in [3.63, 3.8) is 0 Å². The summed E-state index contributed by atoms with van der Waals surface area (Å²) in [7, 11) is 0. The zero-order chi connectivity index (χ0) is 18.4. The number of alkyl halides is 3. The Bertz CT molecular complexity index is 785. The van der Waals surface area contributed by atoms with E-state index in [9.17, 15) is 18.0 Å². The lowest BCUT2D eigenvalue weighted by atomic mass is 10.1. The minimum absolute atomic E-state index is 0.0136. The van der Waals surface area contributed by atoms with Gasteiger partial charge in [-0.15, -0.1) is 0 Å². The molecule has 0 aliphatic carbocycles. The molecule has 2 rings (SSSR count). The summed E-state index contributed by atoms with van der Waals surface area (Å²) in [4.78, 5) is 16.3. The van der Waals surface area contributed by atoms with Crippen molar-refractivity contribution in [1.29, 1.82) is 0 Å². The van der Waals surface area contributed by atoms with E-state index in [1.54, 1.807) is 31.2 Å². The number of benzene rings is 2. The van der Waals surface area contributed by atoms with Crippen LogP contribution in [0.4, 0.5) is 13.2 Å². The van der Waals surface area contributed by atoms with Crippen molar-refractivity contribution in [1.82, 2.24) is 0 Å². The molecule has 0 bridgehead atoms. The number of carbonyl (C=O) groups is 1.